The van der Waals surface area contributed by atoms with Crippen molar-refractivity contribution in [2.45, 2.75) is 57.2 Å². The number of carbonyl (C=O) groups excluding carboxylic acids is 1. The van der Waals surface area contributed by atoms with Crippen LogP contribution in [-0.2, 0) is 14.9 Å². The maximum Gasteiger partial charge on any atom is 0.252 e. The van der Waals surface area contributed by atoms with Crippen LogP contribution in [0.5, 0.6) is 5.75 Å². The van der Waals surface area contributed by atoms with E-state index in [-0.39, 0.29) is 18.5 Å². The van der Waals surface area contributed by atoms with Crippen LogP contribution < -0.4 is 4.74 Å². The van der Waals surface area contributed by atoms with Crippen molar-refractivity contribution in [3.63, 3.8) is 0 Å². The smallest absolute Gasteiger partial charge is 0.252 e. The van der Waals surface area contributed by atoms with Crippen LogP contribution in [0.2, 0.25) is 0 Å². The largest absolute Gasteiger partial charge is 0.467 e. The fourth-order valence-corrected chi connectivity index (χ4v) is 6.02. The number of rotatable bonds is 7. The summed E-state index contributed by atoms with van der Waals surface area (Å²) in [5, 5.41) is -0.460. The zero-order chi connectivity index (χ0) is 18.3. The fraction of sp³-hybridized carbons (Fsp3) is 0.667. The van der Waals surface area contributed by atoms with Crippen molar-refractivity contribution in [1.82, 2.24) is 0 Å². The molecule has 1 aromatic rings. The lowest BCUT2D eigenvalue weighted by atomic mass is 9.48. The lowest BCUT2D eigenvalue weighted by Gasteiger charge is -2.57. The Hall–Kier alpha value is -1.10. The second-order valence-corrected chi connectivity index (χ2v) is 8.76. The molecule has 1 unspecified atom stereocenters. The summed E-state index contributed by atoms with van der Waals surface area (Å²) >= 11 is 5.71. The Labute approximate surface area is 160 Å². The number of methoxy groups -OCH3 is 1. The molecule has 0 N–H and O–H groups in total. The van der Waals surface area contributed by atoms with E-state index >= 15 is 0 Å². The number of ether oxygens (including phenoxy) is 3. The Kier molecular flexibility index (Phi) is 5.02. The molecule has 0 heterocycles. The molecule has 0 radical (unpaired) electrons. The average Bonchev–Trinajstić information content (AvgIpc) is 2.60. The molecule has 5 rings (SSSR count). The number of carbonyl (C=O) groups is 1. The van der Waals surface area contributed by atoms with Crippen LogP contribution in [0.15, 0.2) is 18.2 Å². The minimum absolute atomic E-state index is 0.0916. The molecule has 4 fully saturated rings. The maximum atomic E-state index is 11.6. The summed E-state index contributed by atoms with van der Waals surface area (Å²) in [5.74, 6) is 3.26. The molecule has 1 atom stereocenters. The zero-order valence-electron chi connectivity index (χ0n) is 15.5. The van der Waals surface area contributed by atoms with Gasteiger partial charge < -0.3 is 14.2 Å². The van der Waals surface area contributed by atoms with Gasteiger partial charge in [-0.1, -0.05) is 6.07 Å². The lowest BCUT2D eigenvalue weighted by molar-refractivity contribution is -0.150. The molecule has 4 aliphatic rings. The molecule has 4 saturated carbocycles. The third-order valence-electron chi connectivity index (χ3n) is 6.67. The molecule has 0 saturated heterocycles. The van der Waals surface area contributed by atoms with Gasteiger partial charge >= 0.3 is 0 Å². The topological polar surface area (TPSA) is 44.8 Å². The third kappa shape index (κ3) is 3.39. The van der Waals surface area contributed by atoms with Gasteiger partial charge in [0.25, 0.3) is 5.24 Å². The molecule has 4 bridgehead atoms. The Morgan fingerprint density at radius 2 is 1.81 bits per heavy atom. The normalized spacial score (nSPS) is 33.3. The van der Waals surface area contributed by atoms with Crippen molar-refractivity contribution >= 4 is 16.8 Å². The number of benzene rings is 1. The van der Waals surface area contributed by atoms with Crippen molar-refractivity contribution in [3.8, 4) is 5.75 Å². The predicted octanol–water partition coefficient (Wildman–Crippen LogP) is 4.88. The minimum Gasteiger partial charge on any atom is -0.467 e. The predicted molar refractivity (Wildman–Crippen MR) is 99.5 cm³/mol. The van der Waals surface area contributed by atoms with Gasteiger partial charge in [0.05, 0.1) is 0 Å². The summed E-state index contributed by atoms with van der Waals surface area (Å²) in [5.41, 5.74) is 1.88. The molecule has 26 heavy (non-hydrogen) atoms. The van der Waals surface area contributed by atoms with E-state index in [9.17, 15) is 4.79 Å². The van der Waals surface area contributed by atoms with Crippen molar-refractivity contribution in [2.75, 3.05) is 13.9 Å². The summed E-state index contributed by atoms with van der Waals surface area (Å²) in [7, 11) is 1.60. The molecule has 5 heteroatoms. The van der Waals surface area contributed by atoms with Crippen LogP contribution in [0.25, 0.3) is 0 Å². The first kappa shape index (κ1) is 18.3. The molecular formula is C21H27ClO4. The number of hydrogen-bond acceptors (Lipinski definition) is 4. The van der Waals surface area contributed by atoms with Gasteiger partial charge in [0.2, 0.25) is 0 Å². The van der Waals surface area contributed by atoms with Gasteiger partial charge in [-0.2, -0.15) is 0 Å². The van der Waals surface area contributed by atoms with E-state index in [4.69, 9.17) is 25.8 Å². The monoisotopic (exact) mass is 378 g/mol. The van der Waals surface area contributed by atoms with Crippen LogP contribution in [0.3, 0.4) is 0 Å². The zero-order valence-corrected chi connectivity index (χ0v) is 16.3. The first-order valence-electron chi connectivity index (χ1n) is 9.60. The second kappa shape index (κ2) is 7.14. The van der Waals surface area contributed by atoms with Crippen molar-refractivity contribution < 1.29 is 19.0 Å². The van der Waals surface area contributed by atoms with E-state index in [1.54, 1.807) is 13.2 Å². The Morgan fingerprint density at radius 3 is 2.35 bits per heavy atom. The van der Waals surface area contributed by atoms with E-state index in [2.05, 4.69) is 6.07 Å². The van der Waals surface area contributed by atoms with Gasteiger partial charge in [0, 0.05) is 18.2 Å². The van der Waals surface area contributed by atoms with Crippen LogP contribution >= 0.6 is 11.6 Å². The highest BCUT2D eigenvalue weighted by Crippen LogP contribution is 2.61. The first-order valence-corrected chi connectivity index (χ1v) is 9.98. The van der Waals surface area contributed by atoms with Gasteiger partial charge in [0.15, 0.2) is 13.1 Å². The highest BCUT2D eigenvalue weighted by atomic mass is 35.5. The van der Waals surface area contributed by atoms with Crippen molar-refractivity contribution in [2.24, 2.45) is 17.8 Å². The Balaban J connectivity index is 1.63. The molecule has 1 aromatic carbocycles. The van der Waals surface area contributed by atoms with Crippen LogP contribution in [0.4, 0.5) is 0 Å². The lowest BCUT2D eigenvalue weighted by Crippen LogP contribution is -2.48. The van der Waals surface area contributed by atoms with Crippen LogP contribution in [-0.4, -0.2) is 25.4 Å². The van der Waals surface area contributed by atoms with Gasteiger partial charge in [-0.05, 0) is 92.4 Å². The van der Waals surface area contributed by atoms with Gasteiger partial charge in [0.1, 0.15) is 5.75 Å². The third-order valence-corrected chi connectivity index (χ3v) is 6.89. The molecule has 0 spiro atoms. The van der Waals surface area contributed by atoms with E-state index in [1.807, 2.05) is 13.0 Å². The van der Waals surface area contributed by atoms with Crippen LogP contribution in [0, 0.1) is 17.8 Å². The van der Waals surface area contributed by atoms with E-state index in [0.717, 1.165) is 23.5 Å². The SMILES string of the molecule is COC(C)OCOc1cc(C(=O)Cl)ccc1C12CC3CC(CC(C3)C1)C2. The quantitative estimate of drug-likeness (QED) is 0.501. The van der Waals surface area contributed by atoms with Gasteiger partial charge in [-0.15, -0.1) is 0 Å². The summed E-state index contributed by atoms with van der Waals surface area (Å²) < 4.78 is 16.6. The molecule has 0 aromatic heterocycles. The van der Waals surface area contributed by atoms with Gasteiger partial charge in [-0.25, -0.2) is 0 Å². The molecule has 0 amide bonds. The Bertz CT molecular complexity index is 651. The molecule has 142 valence electrons. The van der Waals surface area contributed by atoms with Crippen LogP contribution in [0.1, 0.15) is 61.4 Å². The minimum atomic E-state index is -0.460. The van der Waals surface area contributed by atoms with Crippen molar-refractivity contribution in [3.05, 3.63) is 29.3 Å². The average molecular weight is 379 g/mol. The highest BCUT2D eigenvalue weighted by Gasteiger charge is 2.52. The summed E-state index contributed by atoms with van der Waals surface area (Å²) in [4.78, 5) is 11.6. The van der Waals surface area contributed by atoms with E-state index in [1.165, 1.54) is 44.1 Å². The maximum absolute atomic E-state index is 11.6. The second-order valence-electron chi connectivity index (χ2n) is 8.41. The highest BCUT2D eigenvalue weighted by molar-refractivity contribution is 6.67. The number of hydrogen-bond donors (Lipinski definition) is 0. The molecular weight excluding hydrogens is 352 g/mol. The van der Waals surface area contributed by atoms with E-state index < -0.39 is 5.24 Å². The summed E-state index contributed by atoms with van der Waals surface area (Å²) in [6.45, 7) is 1.91. The number of halogens is 1. The summed E-state index contributed by atoms with van der Waals surface area (Å²) in [6.07, 6.45) is 7.54. The summed E-state index contributed by atoms with van der Waals surface area (Å²) in [6, 6.07) is 5.69. The molecule has 4 nitrogen and oxygen atoms in total. The van der Waals surface area contributed by atoms with Crippen molar-refractivity contribution in [1.29, 1.82) is 0 Å². The van der Waals surface area contributed by atoms with E-state index in [0.29, 0.717) is 5.56 Å². The Morgan fingerprint density at radius 1 is 1.19 bits per heavy atom. The molecule has 4 aliphatic carbocycles. The first-order chi connectivity index (χ1) is 12.5. The molecule has 0 aliphatic heterocycles. The van der Waals surface area contributed by atoms with Gasteiger partial charge in [-0.3, -0.25) is 4.79 Å². The standard InChI is InChI=1S/C21H27ClO4/c1-13(24-2)25-12-26-19-8-17(20(22)23)3-4-18(19)21-9-14-5-15(10-21)7-16(6-14)11-21/h3-4,8,13-16H,5-7,9-12H2,1-2H3. The fourth-order valence-electron chi connectivity index (χ4n) is 5.90.